The molecular formula is C8H16BrNO2. The summed E-state index contributed by atoms with van der Waals surface area (Å²) in [6.07, 6.45) is 0.702. The predicted octanol–water partition coefficient (Wildman–Crippen LogP) is 0.882. The Morgan fingerprint density at radius 1 is 1.75 bits per heavy atom. The van der Waals surface area contributed by atoms with Crippen molar-refractivity contribution < 1.29 is 9.84 Å². The van der Waals surface area contributed by atoms with Gasteiger partial charge in [0.25, 0.3) is 0 Å². The first-order chi connectivity index (χ1) is 5.70. The van der Waals surface area contributed by atoms with Crippen molar-refractivity contribution in [1.29, 1.82) is 0 Å². The van der Waals surface area contributed by atoms with Crippen molar-refractivity contribution in [3.63, 3.8) is 0 Å². The molecule has 0 heterocycles. The van der Waals surface area contributed by atoms with E-state index in [2.05, 4.69) is 27.8 Å². The maximum atomic E-state index is 8.70. The van der Waals surface area contributed by atoms with E-state index in [-0.39, 0.29) is 12.6 Å². The molecule has 0 rings (SSSR count). The van der Waals surface area contributed by atoms with Gasteiger partial charge in [-0.3, -0.25) is 0 Å². The Morgan fingerprint density at radius 3 is 2.83 bits per heavy atom. The first-order valence-electron chi connectivity index (χ1n) is 3.87. The summed E-state index contributed by atoms with van der Waals surface area (Å²) in [5.74, 6) is 0. The van der Waals surface area contributed by atoms with Gasteiger partial charge in [-0.1, -0.05) is 22.5 Å². The third-order valence-corrected chi connectivity index (χ3v) is 1.71. The molecule has 0 aromatic heterocycles. The van der Waals surface area contributed by atoms with Gasteiger partial charge in [-0.15, -0.1) is 0 Å². The van der Waals surface area contributed by atoms with Crippen LogP contribution in [0.1, 0.15) is 6.42 Å². The molecule has 0 bridgehead atoms. The van der Waals surface area contributed by atoms with Crippen LogP contribution < -0.4 is 5.32 Å². The van der Waals surface area contributed by atoms with Crippen LogP contribution in [0.25, 0.3) is 0 Å². The second kappa shape index (κ2) is 7.73. The van der Waals surface area contributed by atoms with Crippen LogP contribution in [-0.4, -0.2) is 38.0 Å². The lowest BCUT2D eigenvalue weighted by molar-refractivity contribution is 0.150. The van der Waals surface area contributed by atoms with Crippen LogP contribution in [0.5, 0.6) is 0 Å². The number of nitrogens with one attached hydrogen (secondary N) is 1. The van der Waals surface area contributed by atoms with Crippen molar-refractivity contribution in [2.24, 2.45) is 0 Å². The van der Waals surface area contributed by atoms with Crippen LogP contribution in [0.4, 0.5) is 0 Å². The van der Waals surface area contributed by atoms with E-state index < -0.39 is 0 Å². The summed E-state index contributed by atoms with van der Waals surface area (Å²) in [5.41, 5.74) is 0. The number of halogens is 1. The quantitative estimate of drug-likeness (QED) is 0.691. The summed E-state index contributed by atoms with van der Waals surface area (Å²) in [4.78, 5) is 0. The summed E-state index contributed by atoms with van der Waals surface area (Å²) in [7, 11) is 1.65. The minimum atomic E-state index is 0.176. The van der Waals surface area contributed by atoms with E-state index in [1.807, 2.05) is 0 Å². The van der Waals surface area contributed by atoms with Gasteiger partial charge in [0.2, 0.25) is 0 Å². The second-order valence-electron chi connectivity index (χ2n) is 2.56. The molecule has 0 spiro atoms. The van der Waals surface area contributed by atoms with Gasteiger partial charge in [-0.2, -0.15) is 0 Å². The Labute approximate surface area is 81.9 Å². The highest BCUT2D eigenvalue weighted by molar-refractivity contribution is 9.11. The summed E-state index contributed by atoms with van der Waals surface area (Å²) < 4.78 is 5.87. The maximum absolute atomic E-state index is 8.70. The average molecular weight is 238 g/mol. The molecule has 0 aromatic carbocycles. The predicted molar refractivity (Wildman–Crippen MR) is 53.4 cm³/mol. The number of hydrogen-bond acceptors (Lipinski definition) is 3. The van der Waals surface area contributed by atoms with Crippen LogP contribution in [0.3, 0.4) is 0 Å². The van der Waals surface area contributed by atoms with Crippen LogP contribution in [0.2, 0.25) is 0 Å². The van der Waals surface area contributed by atoms with Crippen LogP contribution in [0.15, 0.2) is 11.1 Å². The van der Waals surface area contributed by atoms with Crippen molar-refractivity contribution in [2.75, 3.05) is 26.9 Å². The van der Waals surface area contributed by atoms with E-state index >= 15 is 0 Å². The Hall–Kier alpha value is 0.1000. The van der Waals surface area contributed by atoms with Gasteiger partial charge in [-0.25, -0.2) is 0 Å². The lowest BCUT2D eigenvalue weighted by Crippen LogP contribution is -2.34. The molecule has 0 saturated carbocycles. The van der Waals surface area contributed by atoms with Crippen molar-refractivity contribution in [3.05, 3.63) is 11.1 Å². The molecule has 1 atom stereocenters. The lowest BCUT2D eigenvalue weighted by atomic mass is 10.2. The molecule has 4 heteroatoms. The van der Waals surface area contributed by atoms with E-state index in [4.69, 9.17) is 9.84 Å². The zero-order valence-corrected chi connectivity index (χ0v) is 8.93. The summed E-state index contributed by atoms with van der Waals surface area (Å²) in [6.45, 7) is 5.19. The molecule has 3 nitrogen and oxygen atoms in total. The van der Waals surface area contributed by atoms with E-state index in [1.165, 1.54) is 0 Å². The standard InChI is InChI=1S/C8H16BrNO2/c1-7(9)5-10-8(3-4-11)6-12-2/h8,10-11H,1,3-6H2,2H3. The summed E-state index contributed by atoms with van der Waals surface area (Å²) in [5, 5.41) is 11.9. The second-order valence-corrected chi connectivity index (χ2v) is 3.68. The normalized spacial score (nSPS) is 12.9. The topological polar surface area (TPSA) is 41.5 Å². The minimum absolute atomic E-state index is 0.176. The first-order valence-corrected chi connectivity index (χ1v) is 4.66. The van der Waals surface area contributed by atoms with E-state index in [0.29, 0.717) is 19.6 Å². The van der Waals surface area contributed by atoms with Gasteiger partial charge in [0, 0.05) is 30.8 Å². The SMILES string of the molecule is C=C(Br)CNC(CCO)COC. The largest absolute Gasteiger partial charge is 0.396 e. The Kier molecular flexibility index (Phi) is 7.80. The lowest BCUT2D eigenvalue weighted by Gasteiger charge is -2.15. The van der Waals surface area contributed by atoms with Crippen molar-refractivity contribution in [2.45, 2.75) is 12.5 Å². The van der Waals surface area contributed by atoms with Crippen LogP contribution in [0, 0.1) is 0 Å². The average Bonchev–Trinajstić information content (AvgIpc) is 2.01. The third-order valence-electron chi connectivity index (χ3n) is 1.43. The molecule has 0 radical (unpaired) electrons. The first kappa shape index (κ1) is 12.1. The van der Waals surface area contributed by atoms with Crippen molar-refractivity contribution in [3.8, 4) is 0 Å². The van der Waals surface area contributed by atoms with Gasteiger partial charge < -0.3 is 15.2 Å². The number of methoxy groups -OCH3 is 1. The fourth-order valence-electron chi connectivity index (χ4n) is 0.856. The van der Waals surface area contributed by atoms with Crippen molar-refractivity contribution >= 4 is 15.9 Å². The zero-order chi connectivity index (χ0) is 9.40. The molecular weight excluding hydrogens is 222 g/mol. The molecule has 0 amide bonds. The van der Waals surface area contributed by atoms with Crippen molar-refractivity contribution in [1.82, 2.24) is 5.32 Å². The van der Waals surface area contributed by atoms with E-state index in [1.54, 1.807) is 7.11 Å². The van der Waals surface area contributed by atoms with Gasteiger partial charge in [0.05, 0.1) is 6.61 Å². The molecule has 0 fully saturated rings. The Morgan fingerprint density at radius 2 is 2.42 bits per heavy atom. The molecule has 12 heavy (non-hydrogen) atoms. The highest BCUT2D eigenvalue weighted by Crippen LogP contribution is 1.99. The molecule has 0 aromatic rings. The maximum Gasteiger partial charge on any atom is 0.0616 e. The molecule has 0 aliphatic carbocycles. The monoisotopic (exact) mass is 237 g/mol. The number of ether oxygens (including phenoxy) is 1. The molecule has 2 N–H and O–H groups in total. The fraction of sp³-hybridized carbons (Fsp3) is 0.750. The fourth-order valence-corrected chi connectivity index (χ4v) is 1.02. The van der Waals surface area contributed by atoms with Gasteiger partial charge in [0.15, 0.2) is 0 Å². The summed E-state index contributed by atoms with van der Waals surface area (Å²) >= 11 is 3.24. The Balaban J connectivity index is 3.54. The number of aliphatic hydroxyl groups excluding tert-OH is 1. The zero-order valence-electron chi connectivity index (χ0n) is 7.35. The number of aliphatic hydroxyl groups is 1. The summed E-state index contributed by atoms with van der Waals surface area (Å²) in [6, 6.07) is 0.203. The smallest absolute Gasteiger partial charge is 0.0616 e. The van der Waals surface area contributed by atoms with Crippen LogP contribution >= 0.6 is 15.9 Å². The molecule has 0 aliphatic rings. The van der Waals surface area contributed by atoms with E-state index in [0.717, 1.165) is 4.48 Å². The highest BCUT2D eigenvalue weighted by atomic mass is 79.9. The number of hydrogen-bond donors (Lipinski definition) is 2. The highest BCUT2D eigenvalue weighted by Gasteiger charge is 2.05. The minimum Gasteiger partial charge on any atom is -0.396 e. The van der Waals surface area contributed by atoms with Gasteiger partial charge in [-0.05, 0) is 6.42 Å². The number of rotatable bonds is 7. The molecule has 1 unspecified atom stereocenters. The van der Waals surface area contributed by atoms with Crippen LogP contribution in [-0.2, 0) is 4.74 Å². The Bertz CT molecular complexity index is 124. The third kappa shape index (κ3) is 6.79. The molecule has 0 saturated heterocycles. The van der Waals surface area contributed by atoms with Gasteiger partial charge in [0.1, 0.15) is 0 Å². The molecule has 72 valence electrons. The molecule has 0 aliphatic heterocycles. The van der Waals surface area contributed by atoms with Gasteiger partial charge >= 0.3 is 0 Å². The van der Waals surface area contributed by atoms with E-state index in [9.17, 15) is 0 Å².